The predicted molar refractivity (Wildman–Crippen MR) is 70.2 cm³/mol. The molecule has 2 heterocycles. The first kappa shape index (κ1) is 9.90. The van der Waals surface area contributed by atoms with Gasteiger partial charge in [0.05, 0.1) is 11.2 Å². The van der Waals surface area contributed by atoms with Gasteiger partial charge in [-0.2, -0.15) is 0 Å². The lowest BCUT2D eigenvalue weighted by Gasteiger charge is -2.07. The third kappa shape index (κ3) is 1.40. The summed E-state index contributed by atoms with van der Waals surface area (Å²) in [4.78, 5) is 4.04. The second-order valence-corrected chi connectivity index (χ2v) is 4.06. The van der Waals surface area contributed by atoms with E-state index in [-0.39, 0.29) is 0 Å². The van der Waals surface area contributed by atoms with Crippen LogP contribution < -0.4 is 5.73 Å². The Kier molecular flexibility index (Phi) is 2.11. The standard InChI is InChI=1S/C14H13N3/c1-10-14(15)12-4-2-3-5-13(12)17(10)11-6-8-16-9-7-11/h2-9H,15H2,1H3. The molecule has 0 bridgehead atoms. The minimum atomic E-state index is 0.845. The number of hydrogen-bond acceptors (Lipinski definition) is 2. The maximum atomic E-state index is 6.14. The minimum absolute atomic E-state index is 0.845. The molecule has 0 spiro atoms. The first-order chi connectivity index (χ1) is 8.29. The number of hydrogen-bond donors (Lipinski definition) is 1. The number of anilines is 1. The van der Waals surface area contributed by atoms with Crippen LogP contribution in [0.2, 0.25) is 0 Å². The quantitative estimate of drug-likeness (QED) is 0.689. The fourth-order valence-electron chi connectivity index (χ4n) is 2.22. The van der Waals surface area contributed by atoms with E-state index in [4.69, 9.17) is 5.73 Å². The Bertz CT molecular complexity index is 669. The number of pyridine rings is 1. The average molecular weight is 223 g/mol. The molecule has 3 aromatic rings. The highest BCUT2D eigenvalue weighted by Gasteiger charge is 2.11. The van der Waals surface area contributed by atoms with E-state index in [1.807, 2.05) is 31.2 Å². The molecular weight excluding hydrogens is 210 g/mol. The zero-order chi connectivity index (χ0) is 11.8. The summed E-state index contributed by atoms with van der Waals surface area (Å²) in [5.74, 6) is 0. The molecule has 3 rings (SSSR count). The van der Waals surface area contributed by atoms with E-state index in [2.05, 4.69) is 21.7 Å². The Morgan fingerprint density at radius 3 is 2.53 bits per heavy atom. The molecule has 0 saturated heterocycles. The number of rotatable bonds is 1. The molecule has 0 saturated carbocycles. The van der Waals surface area contributed by atoms with Crippen LogP contribution in [-0.2, 0) is 0 Å². The van der Waals surface area contributed by atoms with Gasteiger partial charge >= 0.3 is 0 Å². The smallest absolute Gasteiger partial charge is 0.0608 e. The molecule has 2 N–H and O–H groups in total. The first-order valence-electron chi connectivity index (χ1n) is 5.55. The maximum Gasteiger partial charge on any atom is 0.0608 e. The molecule has 0 radical (unpaired) electrons. The number of nitrogens with two attached hydrogens (primary N) is 1. The minimum Gasteiger partial charge on any atom is -0.397 e. The summed E-state index contributed by atoms with van der Waals surface area (Å²) < 4.78 is 2.16. The second-order valence-electron chi connectivity index (χ2n) is 4.06. The molecule has 0 aliphatic heterocycles. The van der Waals surface area contributed by atoms with Crippen molar-refractivity contribution in [1.82, 2.24) is 9.55 Å². The third-order valence-corrected chi connectivity index (χ3v) is 3.08. The van der Waals surface area contributed by atoms with Crippen LogP contribution in [0.3, 0.4) is 0 Å². The highest BCUT2D eigenvalue weighted by Crippen LogP contribution is 2.30. The SMILES string of the molecule is Cc1c(N)c2ccccc2n1-c1ccncc1. The molecule has 2 aromatic heterocycles. The largest absolute Gasteiger partial charge is 0.397 e. The number of aromatic nitrogens is 2. The van der Waals surface area contributed by atoms with Gasteiger partial charge in [-0.3, -0.25) is 4.98 Å². The number of nitrogens with zero attached hydrogens (tertiary/aromatic N) is 2. The van der Waals surface area contributed by atoms with Gasteiger partial charge in [-0.15, -0.1) is 0 Å². The molecular formula is C14H13N3. The molecule has 0 fully saturated rings. The number of para-hydroxylation sites is 1. The van der Waals surface area contributed by atoms with Crippen molar-refractivity contribution in [3.8, 4) is 5.69 Å². The molecule has 3 nitrogen and oxygen atoms in total. The van der Waals surface area contributed by atoms with Crippen molar-refractivity contribution >= 4 is 16.6 Å². The number of nitrogen functional groups attached to an aromatic ring is 1. The Morgan fingerprint density at radius 2 is 1.76 bits per heavy atom. The fourth-order valence-corrected chi connectivity index (χ4v) is 2.22. The van der Waals surface area contributed by atoms with Gasteiger partial charge in [-0.05, 0) is 25.1 Å². The van der Waals surface area contributed by atoms with Crippen molar-refractivity contribution in [3.05, 3.63) is 54.5 Å². The molecule has 17 heavy (non-hydrogen) atoms. The lowest BCUT2D eigenvalue weighted by molar-refractivity contribution is 1.05. The summed E-state index contributed by atoms with van der Waals surface area (Å²) in [5, 5.41) is 1.10. The zero-order valence-corrected chi connectivity index (χ0v) is 9.59. The van der Waals surface area contributed by atoms with Gasteiger partial charge in [-0.25, -0.2) is 0 Å². The average Bonchev–Trinajstić information content (AvgIpc) is 2.64. The monoisotopic (exact) mass is 223 g/mol. The van der Waals surface area contributed by atoms with Gasteiger partial charge in [0.2, 0.25) is 0 Å². The van der Waals surface area contributed by atoms with Crippen molar-refractivity contribution in [2.45, 2.75) is 6.92 Å². The lowest BCUT2D eigenvalue weighted by atomic mass is 10.2. The molecule has 0 atom stereocenters. The number of benzene rings is 1. The summed E-state index contributed by atoms with van der Waals surface area (Å²) in [6.45, 7) is 2.04. The van der Waals surface area contributed by atoms with E-state index in [9.17, 15) is 0 Å². The Labute approximate surface area is 99.5 Å². The van der Waals surface area contributed by atoms with Crippen molar-refractivity contribution in [2.75, 3.05) is 5.73 Å². The molecule has 0 aliphatic rings. The number of fused-ring (bicyclic) bond motifs is 1. The van der Waals surface area contributed by atoms with Crippen molar-refractivity contribution in [1.29, 1.82) is 0 Å². The Balaban J connectivity index is 2.41. The van der Waals surface area contributed by atoms with Gasteiger partial charge in [0.1, 0.15) is 0 Å². The summed E-state index contributed by atoms with van der Waals surface area (Å²) in [7, 11) is 0. The topological polar surface area (TPSA) is 43.8 Å². The van der Waals surface area contributed by atoms with E-state index >= 15 is 0 Å². The van der Waals surface area contributed by atoms with E-state index < -0.39 is 0 Å². The first-order valence-corrected chi connectivity index (χ1v) is 5.55. The third-order valence-electron chi connectivity index (χ3n) is 3.08. The van der Waals surface area contributed by atoms with Gasteiger partial charge in [0.25, 0.3) is 0 Å². The van der Waals surface area contributed by atoms with Crippen LogP contribution in [0.25, 0.3) is 16.6 Å². The highest BCUT2D eigenvalue weighted by atomic mass is 15.0. The van der Waals surface area contributed by atoms with Gasteiger partial charge < -0.3 is 10.3 Å². The Morgan fingerprint density at radius 1 is 1.06 bits per heavy atom. The summed E-state index contributed by atoms with van der Waals surface area (Å²) in [6.07, 6.45) is 3.58. The molecule has 0 amide bonds. The molecule has 1 aromatic carbocycles. The van der Waals surface area contributed by atoms with Crippen LogP contribution in [0, 0.1) is 6.92 Å². The van der Waals surface area contributed by atoms with Crippen LogP contribution in [0.4, 0.5) is 5.69 Å². The maximum absolute atomic E-state index is 6.14. The molecule has 0 unspecified atom stereocenters. The fraction of sp³-hybridized carbons (Fsp3) is 0.0714. The van der Waals surface area contributed by atoms with E-state index in [1.54, 1.807) is 12.4 Å². The lowest BCUT2D eigenvalue weighted by Crippen LogP contribution is -1.97. The van der Waals surface area contributed by atoms with Crippen LogP contribution in [0.1, 0.15) is 5.69 Å². The van der Waals surface area contributed by atoms with Crippen molar-refractivity contribution < 1.29 is 0 Å². The molecule has 3 heteroatoms. The van der Waals surface area contributed by atoms with Gasteiger partial charge in [0, 0.05) is 29.2 Å². The van der Waals surface area contributed by atoms with Crippen molar-refractivity contribution in [2.24, 2.45) is 0 Å². The van der Waals surface area contributed by atoms with Gasteiger partial charge in [-0.1, -0.05) is 18.2 Å². The van der Waals surface area contributed by atoms with Crippen LogP contribution in [0.5, 0.6) is 0 Å². The van der Waals surface area contributed by atoms with Crippen molar-refractivity contribution in [3.63, 3.8) is 0 Å². The Hall–Kier alpha value is -2.29. The highest BCUT2D eigenvalue weighted by molar-refractivity contribution is 5.95. The van der Waals surface area contributed by atoms with Crippen LogP contribution in [0.15, 0.2) is 48.8 Å². The predicted octanol–water partition coefficient (Wildman–Crippen LogP) is 2.92. The molecule has 0 aliphatic carbocycles. The van der Waals surface area contributed by atoms with Gasteiger partial charge in [0.15, 0.2) is 0 Å². The summed E-state index contributed by atoms with van der Waals surface area (Å²) >= 11 is 0. The molecule has 84 valence electrons. The van der Waals surface area contributed by atoms with Crippen LogP contribution >= 0.6 is 0 Å². The normalized spacial score (nSPS) is 10.9. The van der Waals surface area contributed by atoms with E-state index in [0.717, 1.165) is 28.0 Å². The second kappa shape index (κ2) is 3.63. The summed E-state index contributed by atoms with van der Waals surface area (Å²) in [6, 6.07) is 12.1. The van der Waals surface area contributed by atoms with Crippen LogP contribution in [-0.4, -0.2) is 9.55 Å². The zero-order valence-electron chi connectivity index (χ0n) is 9.59. The summed E-state index contributed by atoms with van der Waals surface area (Å²) in [5.41, 5.74) is 10.3. The van der Waals surface area contributed by atoms with E-state index in [1.165, 1.54) is 0 Å². The van der Waals surface area contributed by atoms with E-state index in [0.29, 0.717) is 0 Å².